The minimum Gasteiger partial charge on any atom is -0.508 e. The van der Waals surface area contributed by atoms with E-state index in [0.29, 0.717) is 11.5 Å². The van der Waals surface area contributed by atoms with Crippen molar-refractivity contribution in [3.8, 4) is 11.5 Å². The average Bonchev–Trinajstić information content (AvgIpc) is 3.28. The quantitative estimate of drug-likeness (QED) is 0.0257. The molecule has 0 bridgehead atoms. The average molecular weight is 964 g/mol. The van der Waals surface area contributed by atoms with Crippen LogP contribution in [0.4, 0.5) is 0 Å². The van der Waals surface area contributed by atoms with Gasteiger partial charge < -0.3 is 35.2 Å². The number of allylic oxidation sites excluding steroid dienone is 4. The molecule has 0 aliphatic heterocycles. The van der Waals surface area contributed by atoms with Gasteiger partial charge >= 0.3 is 0 Å². The van der Waals surface area contributed by atoms with E-state index in [2.05, 4.69) is 123 Å². The molecular formula is C58H106N4O3Si2. The Morgan fingerprint density at radius 3 is 1.57 bits per heavy atom. The van der Waals surface area contributed by atoms with E-state index in [1.165, 1.54) is 140 Å². The van der Waals surface area contributed by atoms with Crippen molar-refractivity contribution in [1.29, 1.82) is 0 Å². The number of nitrogens with zero attached hydrogens (tertiary/aromatic N) is 1. The SMILES string of the molecule is CCCC(CC/C=C\CCCCCCCc1ccc(C(C)NCCCNC)c(O)c1)[Si](C)(C)O[Si](C)(C)C(CCC)CC/C=C/CCCCCCCc1ccc(CN(C)CCCNC)c(O)c1. The molecule has 0 spiro atoms. The van der Waals surface area contributed by atoms with Crippen LogP contribution >= 0.6 is 0 Å². The summed E-state index contributed by atoms with van der Waals surface area (Å²) in [7, 11) is 2.39. The molecule has 3 atom stereocenters. The van der Waals surface area contributed by atoms with Crippen molar-refractivity contribution < 1.29 is 14.3 Å². The van der Waals surface area contributed by atoms with Crippen molar-refractivity contribution in [3.63, 3.8) is 0 Å². The van der Waals surface area contributed by atoms with E-state index >= 15 is 0 Å². The van der Waals surface area contributed by atoms with Gasteiger partial charge in [0.1, 0.15) is 11.5 Å². The summed E-state index contributed by atoms with van der Waals surface area (Å²) >= 11 is 0. The molecule has 2 aromatic carbocycles. The molecule has 7 nitrogen and oxygen atoms in total. The normalized spacial score (nSPS) is 14.0. The number of unbranched alkanes of at least 4 members (excludes halogenated alkanes) is 10. The fourth-order valence-electron chi connectivity index (χ4n) is 10.1. The maximum Gasteiger partial charge on any atom is 0.176 e. The highest BCUT2D eigenvalue weighted by atomic mass is 28.4. The van der Waals surface area contributed by atoms with Crippen molar-refractivity contribution in [3.05, 3.63) is 83.0 Å². The Balaban J connectivity index is 1.63. The summed E-state index contributed by atoms with van der Waals surface area (Å²) in [5.41, 5.74) is 5.97. The molecule has 0 saturated heterocycles. The van der Waals surface area contributed by atoms with E-state index < -0.39 is 16.6 Å². The predicted octanol–water partition coefficient (Wildman–Crippen LogP) is 15.3. The molecule has 0 saturated carbocycles. The summed E-state index contributed by atoms with van der Waals surface area (Å²) in [5, 5.41) is 31.2. The van der Waals surface area contributed by atoms with Crippen LogP contribution in [0.3, 0.4) is 0 Å². The zero-order chi connectivity index (χ0) is 49.2. The lowest BCUT2D eigenvalue weighted by molar-refractivity contribution is 0.315. The molecule has 3 unspecified atom stereocenters. The van der Waals surface area contributed by atoms with Crippen LogP contribution in [0.2, 0.25) is 37.3 Å². The molecular weight excluding hydrogens is 857 g/mol. The topological polar surface area (TPSA) is 89.0 Å². The molecule has 5 N–H and O–H groups in total. The lowest BCUT2D eigenvalue weighted by atomic mass is 10.0. The minimum absolute atomic E-state index is 0.159. The molecule has 2 aromatic rings. The van der Waals surface area contributed by atoms with Crippen LogP contribution in [-0.4, -0.2) is 79.1 Å². The van der Waals surface area contributed by atoms with Crippen LogP contribution < -0.4 is 16.0 Å². The van der Waals surface area contributed by atoms with Gasteiger partial charge in [-0.15, -0.1) is 0 Å². The summed E-state index contributed by atoms with van der Waals surface area (Å²) in [4.78, 5) is 2.28. The lowest BCUT2D eigenvalue weighted by Gasteiger charge is -2.43. The van der Waals surface area contributed by atoms with Gasteiger partial charge in [-0.25, -0.2) is 0 Å². The Morgan fingerprint density at radius 1 is 0.582 bits per heavy atom. The number of aryl methyl sites for hydroxylation is 2. The standard InChI is InChI=1S/C58H106N4O3Si2/c1-11-33-54(37-29-25-21-17-13-15-19-23-27-35-51-39-41-53(57(63)47-51)49-62(6)46-32-44-60-5)66(7,8)65-67(9,10)55(34-12-2)38-30-26-22-18-14-16-20-24-28-36-52-40-42-56(58(64)48-52)50(3)61-45-31-43-59-4/h21-22,25-26,39-42,47-48,50,54-55,59-61,63-64H,11-20,23-24,27-38,43-46,49H2,1-10H3/b25-21+,26-22-. The largest absolute Gasteiger partial charge is 0.508 e. The van der Waals surface area contributed by atoms with Crippen molar-refractivity contribution in [1.82, 2.24) is 20.9 Å². The zero-order valence-corrected chi connectivity index (χ0v) is 47.3. The Morgan fingerprint density at radius 2 is 1.06 bits per heavy atom. The fourth-order valence-corrected chi connectivity index (χ4v) is 20.6. The van der Waals surface area contributed by atoms with Crippen LogP contribution in [0.1, 0.15) is 190 Å². The zero-order valence-electron chi connectivity index (χ0n) is 45.3. The second-order valence-corrected chi connectivity index (χ2v) is 30.0. The second kappa shape index (κ2) is 36.7. The molecule has 9 heteroatoms. The number of hydrogen-bond acceptors (Lipinski definition) is 7. The Bertz CT molecular complexity index is 1600. The van der Waals surface area contributed by atoms with Crippen molar-refractivity contribution >= 4 is 16.6 Å². The van der Waals surface area contributed by atoms with Gasteiger partial charge in [-0.2, -0.15) is 0 Å². The molecule has 0 fully saturated rings. The maximum absolute atomic E-state index is 10.7. The number of nitrogens with one attached hydrogen (secondary N) is 3. The molecule has 2 rings (SSSR count). The van der Waals surface area contributed by atoms with Crippen molar-refractivity contribution in [2.45, 2.75) is 225 Å². The van der Waals surface area contributed by atoms with Crippen molar-refractivity contribution in [2.24, 2.45) is 0 Å². The van der Waals surface area contributed by atoms with Gasteiger partial charge in [-0.3, -0.25) is 0 Å². The van der Waals surface area contributed by atoms with Crippen molar-refractivity contribution in [2.75, 3.05) is 47.3 Å². The van der Waals surface area contributed by atoms with E-state index in [9.17, 15) is 10.2 Å². The van der Waals surface area contributed by atoms with E-state index in [1.807, 2.05) is 26.2 Å². The first-order valence-corrected chi connectivity index (χ1v) is 33.6. The Labute approximate surface area is 416 Å². The van der Waals surface area contributed by atoms with Gasteiger partial charge in [-0.1, -0.05) is 127 Å². The predicted molar refractivity (Wildman–Crippen MR) is 299 cm³/mol. The maximum atomic E-state index is 10.7. The highest BCUT2D eigenvalue weighted by Crippen LogP contribution is 2.40. The van der Waals surface area contributed by atoms with Gasteiger partial charge in [0.25, 0.3) is 0 Å². The fraction of sp³-hybridized carbons (Fsp3) is 0.724. The number of aromatic hydroxyl groups is 2. The Hall–Kier alpha value is -2.25. The van der Waals surface area contributed by atoms with Crippen LogP contribution in [0.5, 0.6) is 11.5 Å². The van der Waals surface area contributed by atoms with Gasteiger partial charge in [0.2, 0.25) is 0 Å². The molecule has 0 heterocycles. The lowest BCUT2D eigenvalue weighted by Crippen LogP contribution is -2.50. The van der Waals surface area contributed by atoms with Gasteiger partial charge in [0, 0.05) is 23.7 Å². The highest BCUT2D eigenvalue weighted by molar-refractivity contribution is 6.86. The number of hydrogen-bond donors (Lipinski definition) is 5. The van der Waals surface area contributed by atoms with E-state index in [4.69, 9.17) is 4.12 Å². The first-order valence-electron chi connectivity index (χ1n) is 27.6. The Kier molecular flexibility index (Phi) is 33.3. The van der Waals surface area contributed by atoms with Gasteiger partial charge in [-0.05, 0) is 205 Å². The third-order valence-corrected chi connectivity index (χ3v) is 23.6. The third-order valence-electron chi connectivity index (χ3n) is 14.3. The summed E-state index contributed by atoms with van der Waals surface area (Å²) in [5.74, 6) is 0.873. The molecule has 384 valence electrons. The second-order valence-electron chi connectivity index (χ2n) is 21.2. The van der Waals surface area contributed by atoms with Crippen LogP contribution in [-0.2, 0) is 23.5 Å². The highest BCUT2D eigenvalue weighted by Gasteiger charge is 2.42. The minimum atomic E-state index is -1.86. The number of phenols is 2. The molecule has 0 radical (unpaired) electrons. The van der Waals surface area contributed by atoms with E-state index in [-0.39, 0.29) is 6.04 Å². The number of phenolic OH excluding ortho intramolecular Hbond substituents is 2. The van der Waals surface area contributed by atoms with Crippen LogP contribution in [0.15, 0.2) is 60.7 Å². The van der Waals surface area contributed by atoms with E-state index in [1.54, 1.807) is 0 Å². The molecule has 0 amide bonds. The van der Waals surface area contributed by atoms with E-state index in [0.717, 1.165) is 80.6 Å². The number of benzene rings is 2. The molecule has 0 aliphatic carbocycles. The molecule has 67 heavy (non-hydrogen) atoms. The summed E-state index contributed by atoms with van der Waals surface area (Å²) in [6.45, 7) is 21.8. The first-order chi connectivity index (χ1) is 32.3. The smallest absolute Gasteiger partial charge is 0.176 e. The van der Waals surface area contributed by atoms with Gasteiger partial charge in [0.15, 0.2) is 16.6 Å². The molecule has 0 aliphatic rings. The summed E-state index contributed by atoms with van der Waals surface area (Å²) in [6, 6.07) is 12.8. The van der Waals surface area contributed by atoms with Crippen LogP contribution in [0, 0.1) is 0 Å². The molecule has 0 aromatic heterocycles. The van der Waals surface area contributed by atoms with Gasteiger partial charge in [0.05, 0.1) is 0 Å². The van der Waals surface area contributed by atoms with Crippen LogP contribution in [0.25, 0.3) is 0 Å². The summed E-state index contributed by atoms with van der Waals surface area (Å²) in [6.07, 6.45) is 39.2. The number of rotatable bonds is 42. The summed E-state index contributed by atoms with van der Waals surface area (Å²) < 4.78 is 7.47. The third kappa shape index (κ3) is 27.1. The first kappa shape index (κ1) is 60.9. The monoisotopic (exact) mass is 963 g/mol.